The van der Waals surface area contributed by atoms with Crippen LogP contribution >= 0.6 is 22.6 Å². The molecule has 1 aliphatic rings. The highest BCUT2D eigenvalue weighted by Gasteiger charge is 2.13. The molecule has 0 radical (unpaired) electrons. The average molecular weight is 238 g/mol. The van der Waals surface area contributed by atoms with Crippen LogP contribution < -0.4 is 0 Å². The van der Waals surface area contributed by atoms with E-state index < -0.39 is 0 Å². The molecule has 1 aliphatic carbocycles. The van der Waals surface area contributed by atoms with E-state index in [1.807, 2.05) is 0 Å². The first-order valence-corrected chi connectivity index (χ1v) is 5.17. The Balaban J connectivity index is 2.29. The van der Waals surface area contributed by atoms with Gasteiger partial charge in [0.1, 0.15) is 0 Å². The largest absolute Gasteiger partial charge is 0.0826 e. The minimum atomic E-state index is 0.972. The van der Waals surface area contributed by atoms with E-state index in [9.17, 15) is 0 Å². The summed E-state index contributed by atoms with van der Waals surface area (Å²) < 4.78 is 0.972. The van der Waals surface area contributed by atoms with Crippen molar-refractivity contribution in [3.05, 3.63) is 0 Å². The van der Waals surface area contributed by atoms with Gasteiger partial charge >= 0.3 is 0 Å². The molecule has 1 saturated carbocycles. The van der Waals surface area contributed by atoms with Crippen molar-refractivity contribution in [3.63, 3.8) is 0 Å². The van der Waals surface area contributed by atoms with E-state index in [1.165, 1.54) is 32.1 Å². The van der Waals surface area contributed by atoms with Crippen LogP contribution in [0.3, 0.4) is 0 Å². The minimum absolute atomic E-state index is 0.972. The van der Waals surface area contributed by atoms with Crippen molar-refractivity contribution in [2.75, 3.05) is 0 Å². The Morgan fingerprint density at radius 2 is 1.89 bits per heavy atom. The summed E-state index contributed by atoms with van der Waals surface area (Å²) in [5.41, 5.74) is 0. The Bertz CT molecular complexity index is 70.6. The van der Waals surface area contributed by atoms with Gasteiger partial charge in [-0.3, -0.25) is 0 Å². The van der Waals surface area contributed by atoms with Crippen LogP contribution in [0.25, 0.3) is 0 Å². The highest BCUT2D eigenvalue weighted by atomic mass is 127. The van der Waals surface area contributed by atoms with E-state index in [0.717, 1.165) is 9.84 Å². The van der Waals surface area contributed by atoms with Crippen molar-refractivity contribution in [1.82, 2.24) is 0 Å². The third-order valence-corrected chi connectivity index (χ3v) is 3.25. The number of hydrogen-bond acceptors (Lipinski definition) is 0. The summed E-state index contributed by atoms with van der Waals surface area (Å²) in [5, 5.41) is 0. The molecule has 0 amide bonds. The highest BCUT2D eigenvalue weighted by Crippen LogP contribution is 2.27. The quantitative estimate of drug-likeness (QED) is 0.344. The van der Waals surface area contributed by atoms with Gasteiger partial charge in [0.2, 0.25) is 0 Å². The molecule has 1 unspecified atom stereocenters. The van der Waals surface area contributed by atoms with Crippen LogP contribution in [0.15, 0.2) is 0 Å². The Hall–Kier alpha value is 0.730. The van der Waals surface area contributed by atoms with Crippen LogP contribution in [0, 0.1) is 5.92 Å². The summed E-state index contributed by atoms with van der Waals surface area (Å²) >= 11 is 2.60. The first kappa shape index (κ1) is 7.83. The maximum atomic E-state index is 2.60. The standard InChI is InChI=1S/C8H15I/c1-7-4-2-3-5-8(9)6-7/h7-8H,2-6H2,1H3/t7-,8?/m0/s1. The van der Waals surface area contributed by atoms with Crippen LogP contribution in [0.5, 0.6) is 0 Å². The predicted octanol–water partition coefficient (Wildman–Crippen LogP) is 3.39. The normalized spacial score (nSPS) is 38.0. The molecule has 54 valence electrons. The van der Waals surface area contributed by atoms with Crippen molar-refractivity contribution in [3.8, 4) is 0 Å². The number of rotatable bonds is 0. The lowest BCUT2D eigenvalue weighted by atomic mass is 10.0. The average Bonchev–Trinajstić information content (AvgIpc) is 1.93. The lowest BCUT2D eigenvalue weighted by Gasteiger charge is -2.08. The fourth-order valence-corrected chi connectivity index (χ4v) is 2.84. The van der Waals surface area contributed by atoms with Gasteiger partial charge in [-0.2, -0.15) is 0 Å². The fourth-order valence-electron chi connectivity index (χ4n) is 1.53. The predicted molar refractivity (Wildman–Crippen MR) is 50.1 cm³/mol. The molecule has 0 spiro atoms. The summed E-state index contributed by atoms with van der Waals surface area (Å²) in [6.45, 7) is 2.39. The lowest BCUT2D eigenvalue weighted by Crippen LogP contribution is -1.99. The molecule has 1 fully saturated rings. The van der Waals surface area contributed by atoms with Gasteiger partial charge in [-0.25, -0.2) is 0 Å². The van der Waals surface area contributed by atoms with Gasteiger partial charge in [0.05, 0.1) is 0 Å². The van der Waals surface area contributed by atoms with Crippen LogP contribution in [-0.4, -0.2) is 3.92 Å². The first-order chi connectivity index (χ1) is 4.29. The molecule has 0 saturated heterocycles. The molecule has 9 heavy (non-hydrogen) atoms. The molecule has 0 aliphatic heterocycles. The molecule has 0 heterocycles. The molecular formula is C8H15I. The van der Waals surface area contributed by atoms with Crippen molar-refractivity contribution < 1.29 is 0 Å². The van der Waals surface area contributed by atoms with Crippen LogP contribution in [-0.2, 0) is 0 Å². The van der Waals surface area contributed by atoms with E-state index in [1.54, 1.807) is 0 Å². The summed E-state index contributed by atoms with van der Waals surface area (Å²) in [7, 11) is 0. The van der Waals surface area contributed by atoms with E-state index in [0.29, 0.717) is 0 Å². The summed E-state index contributed by atoms with van der Waals surface area (Å²) in [6, 6.07) is 0. The van der Waals surface area contributed by atoms with Gasteiger partial charge < -0.3 is 0 Å². The topological polar surface area (TPSA) is 0 Å². The van der Waals surface area contributed by atoms with E-state index >= 15 is 0 Å². The molecule has 2 atom stereocenters. The van der Waals surface area contributed by atoms with E-state index in [2.05, 4.69) is 29.5 Å². The SMILES string of the molecule is C[C@H]1CCCCC(I)C1. The Labute approximate surface area is 71.5 Å². The second-order valence-electron chi connectivity index (χ2n) is 3.22. The van der Waals surface area contributed by atoms with Crippen molar-refractivity contribution in [1.29, 1.82) is 0 Å². The third-order valence-electron chi connectivity index (χ3n) is 2.12. The van der Waals surface area contributed by atoms with Crippen molar-refractivity contribution in [2.24, 2.45) is 5.92 Å². The van der Waals surface area contributed by atoms with Crippen molar-refractivity contribution >= 4 is 22.6 Å². The zero-order chi connectivity index (χ0) is 6.69. The monoisotopic (exact) mass is 238 g/mol. The summed E-state index contributed by atoms with van der Waals surface area (Å²) in [6.07, 6.45) is 7.34. The van der Waals surface area contributed by atoms with Gasteiger partial charge in [-0.1, -0.05) is 48.8 Å². The van der Waals surface area contributed by atoms with Gasteiger partial charge in [-0.05, 0) is 18.8 Å². The van der Waals surface area contributed by atoms with Crippen LogP contribution in [0.2, 0.25) is 0 Å². The van der Waals surface area contributed by atoms with E-state index in [4.69, 9.17) is 0 Å². The molecule has 0 nitrogen and oxygen atoms in total. The maximum absolute atomic E-state index is 2.60. The highest BCUT2D eigenvalue weighted by molar-refractivity contribution is 14.1. The van der Waals surface area contributed by atoms with Crippen LogP contribution in [0.4, 0.5) is 0 Å². The molecule has 0 N–H and O–H groups in total. The number of hydrogen-bond donors (Lipinski definition) is 0. The molecule has 0 aromatic carbocycles. The Kier molecular flexibility index (Phi) is 3.30. The third kappa shape index (κ3) is 2.87. The van der Waals surface area contributed by atoms with Gasteiger partial charge in [-0.15, -0.1) is 0 Å². The second-order valence-corrected chi connectivity index (χ2v) is 4.98. The zero-order valence-electron chi connectivity index (χ0n) is 6.07. The van der Waals surface area contributed by atoms with Crippen molar-refractivity contribution in [2.45, 2.75) is 43.0 Å². The number of halogens is 1. The Morgan fingerprint density at radius 3 is 2.67 bits per heavy atom. The molecule has 0 aromatic heterocycles. The fraction of sp³-hybridized carbons (Fsp3) is 1.00. The zero-order valence-corrected chi connectivity index (χ0v) is 8.23. The van der Waals surface area contributed by atoms with Gasteiger partial charge in [0.15, 0.2) is 0 Å². The summed E-state index contributed by atoms with van der Waals surface area (Å²) in [4.78, 5) is 0. The van der Waals surface area contributed by atoms with E-state index in [-0.39, 0.29) is 0 Å². The van der Waals surface area contributed by atoms with Crippen LogP contribution in [0.1, 0.15) is 39.0 Å². The molecule has 0 bridgehead atoms. The molecule has 1 heteroatoms. The first-order valence-electron chi connectivity index (χ1n) is 3.93. The van der Waals surface area contributed by atoms with Gasteiger partial charge in [0.25, 0.3) is 0 Å². The molecule has 0 aromatic rings. The molecular weight excluding hydrogens is 223 g/mol. The lowest BCUT2D eigenvalue weighted by molar-refractivity contribution is 0.513. The van der Waals surface area contributed by atoms with Gasteiger partial charge in [0, 0.05) is 3.92 Å². The maximum Gasteiger partial charge on any atom is 0.0112 e. The Morgan fingerprint density at radius 1 is 1.22 bits per heavy atom. The second kappa shape index (κ2) is 3.79. The number of alkyl halides is 1. The smallest absolute Gasteiger partial charge is 0.0112 e. The molecule has 1 rings (SSSR count). The minimum Gasteiger partial charge on any atom is -0.0826 e. The summed E-state index contributed by atoms with van der Waals surface area (Å²) in [5.74, 6) is 0.995.